The largest absolute Gasteiger partial charge is 0.465 e. The molecule has 29 heavy (non-hydrogen) atoms. The molecule has 0 aliphatic rings. The number of esters is 2. The lowest BCUT2D eigenvalue weighted by molar-refractivity contribution is -0.152. The first-order valence-electron chi connectivity index (χ1n) is 8.78. The Morgan fingerprint density at radius 2 is 1.72 bits per heavy atom. The average Bonchev–Trinajstić information content (AvgIpc) is 3.01. The van der Waals surface area contributed by atoms with Crippen LogP contribution >= 0.6 is 11.3 Å². The quantitative estimate of drug-likeness (QED) is 0.570. The molecule has 2 aromatic rings. The van der Waals surface area contributed by atoms with Crippen LogP contribution in [0.1, 0.15) is 43.6 Å². The Morgan fingerprint density at radius 1 is 1.03 bits per heavy atom. The molecule has 1 aromatic carbocycles. The Morgan fingerprint density at radius 3 is 2.34 bits per heavy atom. The smallest absolute Gasteiger partial charge is 0.397 e. The van der Waals surface area contributed by atoms with Crippen molar-refractivity contribution in [3.63, 3.8) is 0 Å². The van der Waals surface area contributed by atoms with E-state index in [4.69, 9.17) is 4.74 Å². The number of benzene rings is 1. The van der Waals surface area contributed by atoms with Crippen LogP contribution in [0.2, 0.25) is 0 Å². The summed E-state index contributed by atoms with van der Waals surface area (Å²) < 4.78 is 9.41. The Labute approximate surface area is 172 Å². The summed E-state index contributed by atoms with van der Waals surface area (Å²) >= 11 is 0.878. The van der Waals surface area contributed by atoms with Crippen molar-refractivity contribution >= 4 is 45.8 Å². The van der Waals surface area contributed by atoms with Gasteiger partial charge in [-0.05, 0) is 50.5 Å². The van der Waals surface area contributed by atoms with E-state index in [9.17, 15) is 19.2 Å². The lowest BCUT2D eigenvalue weighted by atomic mass is 10.1. The molecule has 1 heterocycles. The maximum absolute atomic E-state index is 12.8. The van der Waals surface area contributed by atoms with E-state index in [1.165, 1.54) is 7.11 Å². The third-order valence-electron chi connectivity index (χ3n) is 4.28. The molecule has 9 heteroatoms. The highest BCUT2D eigenvalue weighted by Crippen LogP contribution is 2.34. The van der Waals surface area contributed by atoms with E-state index in [-0.39, 0.29) is 22.0 Å². The lowest BCUT2D eigenvalue weighted by Crippen LogP contribution is -2.25. The zero-order valence-electron chi connectivity index (χ0n) is 16.8. The topological polar surface area (TPSA) is 111 Å². The molecule has 0 saturated carbocycles. The summed E-state index contributed by atoms with van der Waals surface area (Å²) in [7, 11) is 1.19. The van der Waals surface area contributed by atoms with Crippen LogP contribution in [-0.4, -0.2) is 37.5 Å². The number of hydrogen-bond acceptors (Lipinski definition) is 7. The van der Waals surface area contributed by atoms with E-state index in [1.54, 1.807) is 19.9 Å². The van der Waals surface area contributed by atoms with Gasteiger partial charge in [-0.3, -0.25) is 9.59 Å². The minimum Gasteiger partial charge on any atom is -0.465 e. The van der Waals surface area contributed by atoms with Crippen molar-refractivity contribution in [2.24, 2.45) is 0 Å². The van der Waals surface area contributed by atoms with Gasteiger partial charge >= 0.3 is 17.8 Å². The van der Waals surface area contributed by atoms with Crippen LogP contribution in [-0.2, 0) is 19.1 Å². The summed E-state index contributed by atoms with van der Waals surface area (Å²) in [4.78, 5) is 48.9. The van der Waals surface area contributed by atoms with Gasteiger partial charge in [-0.25, -0.2) is 9.59 Å². The zero-order chi connectivity index (χ0) is 21.7. The summed E-state index contributed by atoms with van der Waals surface area (Å²) in [6, 6.07) is 5.53. The molecule has 8 nitrogen and oxygen atoms in total. The highest BCUT2D eigenvalue weighted by atomic mass is 32.1. The Kier molecular flexibility index (Phi) is 7.11. The first-order valence-corrected chi connectivity index (χ1v) is 9.60. The molecule has 2 rings (SSSR count). The highest BCUT2D eigenvalue weighted by Gasteiger charge is 2.28. The molecule has 0 radical (unpaired) electrons. The van der Waals surface area contributed by atoms with Crippen LogP contribution in [0.15, 0.2) is 18.2 Å². The van der Waals surface area contributed by atoms with Crippen molar-refractivity contribution < 1.29 is 28.7 Å². The summed E-state index contributed by atoms with van der Waals surface area (Å²) in [5, 5.41) is 5.19. The van der Waals surface area contributed by atoms with Crippen LogP contribution in [0.4, 0.5) is 10.7 Å². The molecule has 0 bridgehead atoms. The van der Waals surface area contributed by atoms with Gasteiger partial charge in [0.05, 0.1) is 24.2 Å². The standard InChI is InChI=1S/C20H22N2O6S/c1-6-28-20(26)17(24)22-18-14(19(25)27-5)12(4)15(29-18)16(23)21-13-9-7-8-10(2)11(13)3/h7-9H,6H2,1-5H3,(H,21,23)(H,22,24). The number of thiophene rings is 1. The Balaban J connectivity index is 2.40. The number of carbonyl (C=O) groups is 4. The molecule has 154 valence electrons. The maximum atomic E-state index is 12.8. The number of aryl methyl sites for hydroxylation is 1. The Hall–Kier alpha value is -3.20. The highest BCUT2D eigenvalue weighted by molar-refractivity contribution is 7.19. The Bertz CT molecular complexity index is 980. The molecule has 0 atom stereocenters. The fourth-order valence-electron chi connectivity index (χ4n) is 2.58. The molecule has 1 aromatic heterocycles. The van der Waals surface area contributed by atoms with E-state index in [1.807, 2.05) is 26.0 Å². The van der Waals surface area contributed by atoms with Crippen LogP contribution in [0.5, 0.6) is 0 Å². The second kappa shape index (κ2) is 9.33. The molecule has 2 amide bonds. The number of ether oxygens (including phenoxy) is 2. The number of rotatable bonds is 5. The summed E-state index contributed by atoms with van der Waals surface area (Å²) in [5.74, 6) is -3.30. The molecular weight excluding hydrogens is 396 g/mol. The van der Waals surface area contributed by atoms with Crippen LogP contribution < -0.4 is 10.6 Å². The van der Waals surface area contributed by atoms with Gasteiger partial charge in [0.15, 0.2) is 0 Å². The van der Waals surface area contributed by atoms with E-state index in [0.717, 1.165) is 22.5 Å². The SMILES string of the molecule is CCOC(=O)C(=O)Nc1sc(C(=O)Nc2cccc(C)c2C)c(C)c1C(=O)OC. The van der Waals surface area contributed by atoms with Crippen molar-refractivity contribution in [3.8, 4) is 0 Å². The van der Waals surface area contributed by atoms with Crippen molar-refractivity contribution in [2.45, 2.75) is 27.7 Å². The predicted octanol–water partition coefficient (Wildman–Crippen LogP) is 3.21. The number of nitrogens with one attached hydrogen (secondary N) is 2. The minimum absolute atomic E-state index is 0.0151. The van der Waals surface area contributed by atoms with Gasteiger partial charge in [-0.15, -0.1) is 11.3 Å². The van der Waals surface area contributed by atoms with Gasteiger partial charge in [0.1, 0.15) is 5.00 Å². The van der Waals surface area contributed by atoms with Gasteiger partial charge in [0, 0.05) is 5.69 Å². The maximum Gasteiger partial charge on any atom is 0.397 e. The number of methoxy groups -OCH3 is 1. The van der Waals surface area contributed by atoms with E-state index < -0.39 is 23.8 Å². The lowest BCUT2D eigenvalue weighted by Gasteiger charge is -2.10. The predicted molar refractivity (Wildman–Crippen MR) is 110 cm³/mol. The number of hydrogen-bond donors (Lipinski definition) is 2. The molecule has 0 spiro atoms. The zero-order valence-corrected chi connectivity index (χ0v) is 17.6. The normalized spacial score (nSPS) is 10.2. The van der Waals surface area contributed by atoms with Crippen molar-refractivity contribution in [2.75, 3.05) is 24.4 Å². The minimum atomic E-state index is -1.09. The second-order valence-electron chi connectivity index (χ2n) is 6.13. The van der Waals surface area contributed by atoms with Gasteiger partial charge in [-0.2, -0.15) is 0 Å². The molecular formula is C20H22N2O6S. The third-order valence-corrected chi connectivity index (χ3v) is 5.49. The van der Waals surface area contributed by atoms with E-state index >= 15 is 0 Å². The first-order chi connectivity index (χ1) is 13.7. The molecule has 0 aliphatic carbocycles. The van der Waals surface area contributed by atoms with Crippen LogP contribution in [0.3, 0.4) is 0 Å². The van der Waals surface area contributed by atoms with Crippen molar-refractivity contribution in [3.05, 3.63) is 45.3 Å². The first kappa shape index (κ1) is 22.1. The van der Waals surface area contributed by atoms with E-state index in [0.29, 0.717) is 11.3 Å². The second-order valence-corrected chi connectivity index (χ2v) is 7.15. The summed E-state index contributed by atoms with van der Waals surface area (Å²) in [6.07, 6.45) is 0. The van der Waals surface area contributed by atoms with Crippen molar-refractivity contribution in [1.29, 1.82) is 0 Å². The van der Waals surface area contributed by atoms with Gasteiger partial charge in [0.25, 0.3) is 5.91 Å². The molecule has 0 saturated heterocycles. The molecule has 0 fully saturated rings. The fraction of sp³-hybridized carbons (Fsp3) is 0.300. The van der Waals surface area contributed by atoms with Gasteiger partial charge < -0.3 is 20.1 Å². The van der Waals surface area contributed by atoms with Gasteiger partial charge in [-0.1, -0.05) is 12.1 Å². The third kappa shape index (κ3) is 4.80. The monoisotopic (exact) mass is 418 g/mol. The van der Waals surface area contributed by atoms with Crippen molar-refractivity contribution in [1.82, 2.24) is 0 Å². The van der Waals surface area contributed by atoms with E-state index in [2.05, 4.69) is 15.4 Å². The van der Waals surface area contributed by atoms with Crippen LogP contribution in [0, 0.1) is 20.8 Å². The summed E-state index contributed by atoms with van der Waals surface area (Å²) in [5.41, 5.74) is 2.92. The average molecular weight is 418 g/mol. The molecule has 2 N–H and O–H groups in total. The number of amides is 2. The molecule has 0 aliphatic heterocycles. The fourth-order valence-corrected chi connectivity index (χ4v) is 3.67. The van der Waals surface area contributed by atoms with Crippen LogP contribution in [0.25, 0.3) is 0 Å². The molecule has 0 unspecified atom stereocenters. The van der Waals surface area contributed by atoms with Gasteiger partial charge in [0.2, 0.25) is 0 Å². The number of carbonyl (C=O) groups excluding carboxylic acids is 4. The summed E-state index contributed by atoms with van der Waals surface area (Å²) in [6.45, 7) is 6.98. The number of anilines is 2.